The molecule has 3 nitrogen and oxygen atoms in total. The lowest BCUT2D eigenvalue weighted by Gasteiger charge is -2.13. The number of ether oxygens (including phenoxy) is 1. The molecule has 3 heteroatoms. The zero-order chi connectivity index (χ0) is 9.56. The Bertz CT molecular complexity index is 132. The van der Waals surface area contributed by atoms with E-state index in [2.05, 4.69) is 13.8 Å². The van der Waals surface area contributed by atoms with Crippen LogP contribution in [0.5, 0.6) is 0 Å². The fourth-order valence-electron chi connectivity index (χ4n) is 1.08. The average molecular weight is 174 g/mol. The lowest BCUT2D eigenvalue weighted by atomic mass is 10.1. The number of carboxylic acids is 1. The van der Waals surface area contributed by atoms with E-state index in [0.29, 0.717) is 12.5 Å². The van der Waals surface area contributed by atoms with Crippen LogP contribution in [0.4, 0.5) is 0 Å². The predicted octanol–water partition coefficient (Wildman–Crippen LogP) is 1.91. The van der Waals surface area contributed by atoms with Crippen LogP contribution in [-0.2, 0) is 9.53 Å². The molecular formula is C9H18O3. The number of hydrogen-bond acceptors (Lipinski definition) is 2. The van der Waals surface area contributed by atoms with E-state index >= 15 is 0 Å². The molecule has 0 amide bonds. The summed E-state index contributed by atoms with van der Waals surface area (Å²) in [5.41, 5.74) is 0. The van der Waals surface area contributed by atoms with Gasteiger partial charge in [-0.1, -0.05) is 13.8 Å². The molecule has 12 heavy (non-hydrogen) atoms. The third-order valence-electron chi connectivity index (χ3n) is 1.52. The molecule has 0 fully saturated rings. The molecule has 0 aromatic carbocycles. The van der Waals surface area contributed by atoms with Crippen molar-refractivity contribution in [2.75, 3.05) is 6.61 Å². The minimum absolute atomic E-state index is 0.0996. The first-order valence-corrected chi connectivity index (χ1v) is 4.35. The first-order valence-electron chi connectivity index (χ1n) is 4.35. The van der Waals surface area contributed by atoms with Gasteiger partial charge in [0.15, 0.2) is 0 Å². The van der Waals surface area contributed by atoms with Crippen LogP contribution in [0.1, 0.15) is 33.6 Å². The van der Waals surface area contributed by atoms with Gasteiger partial charge in [0.05, 0.1) is 19.1 Å². The Morgan fingerprint density at radius 1 is 1.42 bits per heavy atom. The molecule has 0 spiro atoms. The minimum atomic E-state index is -0.799. The Morgan fingerprint density at radius 3 is 2.42 bits per heavy atom. The summed E-state index contributed by atoms with van der Waals surface area (Å²) in [6, 6.07) is 0. The summed E-state index contributed by atoms with van der Waals surface area (Å²) in [4.78, 5) is 10.1. The predicted molar refractivity (Wildman–Crippen MR) is 47.1 cm³/mol. The maximum absolute atomic E-state index is 10.1. The van der Waals surface area contributed by atoms with Crippen molar-refractivity contribution in [1.29, 1.82) is 0 Å². The largest absolute Gasteiger partial charge is 0.481 e. The van der Waals surface area contributed by atoms with Gasteiger partial charge in [0, 0.05) is 0 Å². The van der Waals surface area contributed by atoms with Gasteiger partial charge >= 0.3 is 5.97 Å². The smallest absolute Gasteiger partial charge is 0.305 e. The van der Waals surface area contributed by atoms with Gasteiger partial charge < -0.3 is 9.84 Å². The van der Waals surface area contributed by atoms with Crippen molar-refractivity contribution in [2.45, 2.75) is 39.7 Å². The molecular weight excluding hydrogens is 156 g/mol. The van der Waals surface area contributed by atoms with Gasteiger partial charge in [-0.05, 0) is 19.3 Å². The zero-order valence-electron chi connectivity index (χ0n) is 8.04. The van der Waals surface area contributed by atoms with E-state index in [0.717, 1.165) is 6.42 Å². The third kappa shape index (κ3) is 7.54. The normalized spacial score (nSPS) is 13.3. The van der Waals surface area contributed by atoms with Crippen molar-refractivity contribution < 1.29 is 14.6 Å². The zero-order valence-corrected chi connectivity index (χ0v) is 8.04. The van der Waals surface area contributed by atoms with Gasteiger partial charge in [-0.2, -0.15) is 0 Å². The Kier molecular flexibility index (Phi) is 5.72. The van der Waals surface area contributed by atoms with E-state index in [1.165, 1.54) is 0 Å². The number of rotatable bonds is 6. The molecule has 0 aliphatic carbocycles. The maximum Gasteiger partial charge on any atom is 0.305 e. The van der Waals surface area contributed by atoms with Crippen LogP contribution in [0, 0.1) is 5.92 Å². The van der Waals surface area contributed by atoms with Crippen molar-refractivity contribution >= 4 is 5.97 Å². The van der Waals surface area contributed by atoms with E-state index in [4.69, 9.17) is 9.84 Å². The molecule has 0 bridgehead atoms. The Balaban J connectivity index is 3.31. The minimum Gasteiger partial charge on any atom is -0.481 e. The second kappa shape index (κ2) is 6.00. The van der Waals surface area contributed by atoms with Gasteiger partial charge in [-0.25, -0.2) is 0 Å². The SMILES string of the molecule is CC(C)C[C@@H](C)OCCC(=O)O. The summed E-state index contributed by atoms with van der Waals surface area (Å²) in [5.74, 6) is -0.198. The quantitative estimate of drug-likeness (QED) is 0.669. The highest BCUT2D eigenvalue weighted by Crippen LogP contribution is 2.07. The highest BCUT2D eigenvalue weighted by molar-refractivity contribution is 5.66. The standard InChI is InChI=1S/C9H18O3/c1-7(2)6-8(3)12-5-4-9(10)11/h7-8H,4-6H2,1-3H3,(H,10,11)/t8-/m1/s1. The van der Waals surface area contributed by atoms with Crippen molar-refractivity contribution in [2.24, 2.45) is 5.92 Å². The highest BCUT2D eigenvalue weighted by atomic mass is 16.5. The molecule has 0 aliphatic heterocycles. The van der Waals surface area contributed by atoms with E-state index in [9.17, 15) is 4.79 Å². The second-order valence-corrected chi connectivity index (χ2v) is 3.45. The van der Waals surface area contributed by atoms with E-state index in [1.54, 1.807) is 0 Å². The van der Waals surface area contributed by atoms with Crippen molar-refractivity contribution in [3.05, 3.63) is 0 Å². The summed E-state index contributed by atoms with van der Waals surface area (Å²) in [7, 11) is 0. The molecule has 0 aromatic heterocycles. The molecule has 1 atom stereocenters. The molecule has 0 rings (SSSR count). The first kappa shape index (κ1) is 11.4. The summed E-state index contributed by atoms with van der Waals surface area (Å²) in [6.45, 7) is 6.54. The maximum atomic E-state index is 10.1. The van der Waals surface area contributed by atoms with Crippen molar-refractivity contribution in [3.63, 3.8) is 0 Å². The van der Waals surface area contributed by atoms with Gasteiger partial charge in [0.25, 0.3) is 0 Å². The monoisotopic (exact) mass is 174 g/mol. The van der Waals surface area contributed by atoms with Gasteiger partial charge in [0.1, 0.15) is 0 Å². The van der Waals surface area contributed by atoms with E-state index < -0.39 is 5.97 Å². The Morgan fingerprint density at radius 2 is 2.00 bits per heavy atom. The van der Waals surface area contributed by atoms with Crippen LogP contribution >= 0.6 is 0 Å². The highest BCUT2D eigenvalue weighted by Gasteiger charge is 2.05. The fraction of sp³-hybridized carbons (Fsp3) is 0.889. The first-order chi connectivity index (χ1) is 5.52. The molecule has 0 aliphatic rings. The third-order valence-corrected chi connectivity index (χ3v) is 1.52. The van der Waals surface area contributed by atoms with Crippen LogP contribution in [0.2, 0.25) is 0 Å². The Labute approximate surface area is 73.7 Å². The number of hydrogen-bond donors (Lipinski definition) is 1. The van der Waals surface area contributed by atoms with Crippen molar-refractivity contribution in [1.82, 2.24) is 0 Å². The summed E-state index contributed by atoms with van der Waals surface area (Å²) >= 11 is 0. The lowest BCUT2D eigenvalue weighted by molar-refractivity contribution is -0.138. The molecule has 0 aromatic rings. The number of aliphatic carboxylic acids is 1. The summed E-state index contributed by atoms with van der Waals surface area (Å²) in [5, 5.41) is 8.33. The molecule has 72 valence electrons. The van der Waals surface area contributed by atoms with Gasteiger partial charge in [-0.15, -0.1) is 0 Å². The number of carbonyl (C=O) groups is 1. The topological polar surface area (TPSA) is 46.5 Å². The molecule has 0 radical (unpaired) electrons. The van der Waals surface area contributed by atoms with Crippen LogP contribution in [0.15, 0.2) is 0 Å². The van der Waals surface area contributed by atoms with E-state index in [-0.39, 0.29) is 12.5 Å². The van der Waals surface area contributed by atoms with Gasteiger partial charge in [0.2, 0.25) is 0 Å². The Hall–Kier alpha value is -0.570. The average Bonchev–Trinajstić information content (AvgIpc) is 1.84. The summed E-state index contributed by atoms with van der Waals surface area (Å²) < 4.78 is 5.28. The van der Waals surface area contributed by atoms with Gasteiger partial charge in [-0.3, -0.25) is 4.79 Å². The molecule has 0 saturated carbocycles. The van der Waals surface area contributed by atoms with Crippen LogP contribution in [0.25, 0.3) is 0 Å². The van der Waals surface area contributed by atoms with Crippen LogP contribution in [0.3, 0.4) is 0 Å². The number of carboxylic acid groups (broad SMARTS) is 1. The van der Waals surface area contributed by atoms with E-state index in [1.807, 2.05) is 6.92 Å². The fourth-order valence-corrected chi connectivity index (χ4v) is 1.08. The molecule has 0 unspecified atom stereocenters. The lowest BCUT2D eigenvalue weighted by Crippen LogP contribution is -2.13. The molecule has 1 N–H and O–H groups in total. The molecule has 0 heterocycles. The van der Waals surface area contributed by atoms with Crippen LogP contribution in [-0.4, -0.2) is 23.8 Å². The van der Waals surface area contributed by atoms with Crippen molar-refractivity contribution in [3.8, 4) is 0 Å². The summed E-state index contributed by atoms with van der Waals surface area (Å²) in [6.07, 6.45) is 1.26. The molecule has 0 saturated heterocycles. The second-order valence-electron chi connectivity index (χ2n) is 3.45. The van der Waals surface area contributed by atoms with Crippen LogP contribution < -0.4 is 0 Å².